The van der Waals surface area contributed by atoms with Crippen LogP contribution in [0.1, 0.15) is 6.92 Å². The molecule has 0 aliphatic heterocycles. The third-order valence-corrected chi connectivity index (χ3v) is 1.01. The Morgan fingerprint density at radius 2 is 1.56 bits per heavy atom. The first-order valence-electron chi connectivity index (χ1n) is 2.76. The Hall–Kier alpha value is 0.500. The van der Waals surface area contributed by atoms with E-state index in [9.17, 15) is 0 Å². The number of alkyl halides is 2. The minimum Gasteiger partial charge on any atom is -0.329 e. The number of rotatable bonds is 2. The molecule has 0 saturated heterocycles. The van der Waals surface area contributed by atoms with Gasteiger partial charge in [0, 0.05) is 24.3 Å². The topological polar surface area (TPSA) is 52.0 Å². The molecule has 0 spiro atoms. The zero-order valence-electron chi connectivity index (χ0n) is 5.61. The average molecular weight is 173 g/mol. The lowest BCUT2D eigenvalue weighted by atomic mass is 10.4. The summed E-state index contributed by atoms with van der Waals surface area (Å²) in [5.74, 6) is 1.11. The van der Waals surface area contributed by atoms with E-state index >= 15 is 0 Å². The van der Waals surface area contributed by atoms with Gasteiger partial charge >= 0.3 is 0 Å². The van der Waals surface area contributed by atoms with E-state index in [0.717, 1.165) is 0 Å². The van der Waals surface area contributed by atoms with Gasteiger partial charge in [-0.3, -0.25) is 0 Å². The van der Waals surface area contributed by atoms with Gasteiger partial charge < -0.3 is 11.5 Å². The molecule has 0 fully saturated rings. The van der Waals surface area contributed by atoms with Crippen molar-refractivity contribution in [2.24, 2.45) is 11.5 Å². The summed E-state index contributed by atoms with van der Waals surface area (Å²) < 4.78 is 0. The highest BCUT2D eigenvalue weighted by atomic mass is 35.5. The van der Waals surface area contributed by atoms with E-state index in [0.29, 0.717) is 18.3 Å². The van der Waals surface area contributed by atoms with E-state index in [1.165, 1.54) is 0 Å². The minimum atomic E-state index is 0.162. The molecule has 0 aliphatic rings. The Kier molecular flexibility index (Phi) is 15.3. The van der Waals surface area contributed by atoms with Crippen molar-refractivity contribution in [1.29, 1.82) is 0 Å². The second-order valence-corrected chi connectivity index (χ2v) is 2.35. The normalized spacial score (nSPS) is 11.7. The number of hydrogen-bond acceptors (Lipinski definition) is 2. The molecule has 1 unspecified atom stereocenters. The molecule has 0 aromatic carbocycles. The summed E-state index contributed by atoms with van der Waals surface area (Å²) in [6, 6.07) is 0.162. The van der Waals surface area contributed by atoms with E-state index in [4.69, 9.17) is 34.7 Å². The molecule has 0 saturated carbocycles. The molecule has 2 nitrogen and oxygen atoms in total. The largest absolute Gasteiger partial charge is 0.329 e. The summed E-state index contributed by atoms with van der Waals surface area (Å²) in [5.41, 5.74) is 10.2. The molecule has 0 bridgehead atoms. The molecule has 4 N–H and O–H groups in total. The Morgan fingerprint density at radius 3 is 1.56 bits per heavy atom. The van der Waals surface area contributed by atoms with Crippen LogP contribution in [-0.4, -0.2) is 24.3 Å². The highest BCUT2D eigenvalue weighted by molar-refractivity contribution is 6.25. The van der Waals surface area contributed by atoms with Gasteiger partial charge in [-0.05, 0) is 6.92 Å². The van der Waals surface area contributed by atoms with Crippen LogP contribution in [0.15, 0.2) is 0 Å². The van der Waals surface area contributed by atoms with Gasteiger partial charge in [-0.15, -0.1) is 23.2 Å². The number of nitrogens with two attached hydrogens (primary N) is 2. The lowest BCUT2D eigenvalue weighted by Crippen LogP contribution is -2.25. The van der Waals surface area contributed by atoms with Crippen LogP contribution < -0.4 is 11.5 Å². The molecule has 4 heteroatoms. The van der Waals surface area contributed by atoms with Crippen molar-refractivity contribution in [3.8, 4) is 0 Å². The second kappa shape index (κ2) is 11.3. The first kappa shape index (κ1) is 12.2. The van der Waals surface area contributed by atoms with Crippen molar-refractivity contribution in [3.05, 3.63) is 0 Å². The van der Waals surface area contributed by atoms with E-state index < -0.39 is 0 Å². The summed E-state index contributed by atoms with van der Waals surface area (Å²) in [4.78, 5) is 0. The Labute approximate surface area is 66.5 Å². The Morgan fingerprint density at radius 1 is 1.33 bits per heavy atom. The smallest absolute Gasteiger partial charge is 0.0359 e. The van der Waals surface area contributed by atoms with Gasteiger partial charge in [0.25, 0.3) is 0 Å². The lowest BCUT2D eigenvalue weighted by Gasteiger charge is -1.92. The standard InChI is InChI=1S/C3H10N2.C2H4Cl2/c1-3(5)2-4;3-1-2-4/h3H,2,4-5H2,1H3;1-2H2. The van der Waals surface area contributed by atoms with Crippen molar-refractivity contribution >= 4 is 23.2 Å². The minimum absolute atomic E-state index is 0.162. The van der Waals surface area contributed by atoms with Gasteiger partial charge in [0.2, 0.25) is 0 Å². The summed E-state index contributed by atoms with van der Waals surface area (Å²) in [5, 5.41) is 0. The van der Waals surface area contributed by atoms with Crippen LogP contribution in [0.2, 0.25) is 0 Å². The molecular formula is C5H14Cl2N2. The Balaban J connectivity index is 0. The molecule has 0 amide bonds. The molecule has 58 valence electrons. The zero-order valence-corrected chi connectivity index (χ0v) is 7.12. The van der Waals surface area contributed by atoms with Crippen LogP contribution in [0.5, 0.6) is 0 Å². The van der Waals surface area contributed by atoms with E-state index in [1.54, 1.807) is 0 Å². The average Bonchev–Trinajstić information content (AvgIpc) is 1.89. The van der Waals surface area contributed by atoms with E-state index in [2.05, 4.69) is 0 Å². The first-order chi connectivity index (χ1) is 4.18. The maximum Gasteiger partial charge on any atom is 0.0359 e. The molecule has 0 rings (SSSR count). The predicted molar refractivity (Wildman–Crippen MR) is 44.1 cm³/mol. The van der Waals surface area contributed by atoms with Gasteiger partial charge in [0.15, 0.2) is 0 Å². The van der Waals surface area contributed by atoms with Gasteiger partial charge in [0.1, 0.15) is 0 Å². The third kappa shape index (κ3) is 29.3. The summed E-state index contributed by atoms with van der Waals surface area (Å²) >= 11 is 10.1. The van der Waals surface area contributed by atoms with Crippen molar-refractivity contribution in [2.75, 3.05) is 18.3 Å². The fourth-order valence-corrected chi connectivity index (χ4v) is 0. The fourth-order valence-electron chi connectivity index (χ4n) is 0. The SMILES string of the molecule is CC(N)CN.ClCCCl. The van der Waals surface area contributed by atoms with Crippen molar-refractivity contribution in [2.45, 2.75) is 13.0 Å². The molecule has 0 radical (unpaired) electrons. The van der Waals surface area contributed by atoms with Crippen LogP contribution in [0.3, 0.4) is 0 Å². The van der Waals surface area contributed by atoms with Crippen LogP contribution >= 0.6 is 23.2 Å². The lowest BCUT2D eigenvalue weighted by molar-refractivity contribution is 0.752. The summed E-state index contributed by atoms with van der Waals surface area (Å²) in [6.07, 6.45) is 0. The molecular weight excluding hydrogens is 159 g/mol. The molecule has 0 aromatic rings. The molecule has 0 heterocycles. The van der Waals surface area contributed by atoms with Gasteiger partial charge in [-0.1, -0.05) is 0 Å². The first-order valence-corrected chi connectivity index (χ1v) is 3.83. The van der Waals surface area contributed by atoms with E-state index in [-0.39, 0.29) is 6.04 Å². The van der Waals surface area contributed by atoms with Crippen molar-refractivity contribution in [1.82, 2.24) is 0 Å². The van der Waals surface area contributed by atoms with Gasteiger partial charge in [0.05, 0.1) is 0 Å². The fraction of sp³-hybridized carbons (Fsp3) is 1.00. The van der Waals surface area contributed by atoms with Crippen LogP contribution in [-0.2, 0) is 0 Å². The molecule has 0 aromatic heterocycles. The van der Waals surface area contributed by atoms with Crippen LogP contribution in [0.4, 0.5) is 0 Å². The second-order valence-electron chi connectivity index (χ2n) is 1.59. The number of hydrogen-bond donors (Lipinski definition) is 2. The Bertz CT molecular complexity index is 39.9. The highest BCUT2D eigenvalue weighted by Gasteiger charge is 1.79. The van der Waals surface area contributed by atoms with Crippen LogP contribution in [0, 0.1) is 0 Å². The molecule has 0 aliphatic carbocycles. The van der Waals surface area contributed by atoms with Gasteiger partial charge in [-0.25, -0.2) is 0 Å². The highest BCUT2D eigenvalue weighted by Crippen LogP contribution is 1.75. The molecule has 9 heavy (non-hydrogen) atoms. The molecule has 1 atom stereocenters. The zero-order chi connectivity index (χ0) is 7.70. The quantitative estimate of drug-likeness (QED) is 0.605. The third-order valence-electron chi connectivity index (χ3n) is 0.443. The van der Waals surface area contributed by atoms with Crippen LogP contribution in [0.25, 0.3) is 0 Å². The monoisotopic (exact) mass is 172 g/mol. The maximum absolute atomic E-state index is 5.17. The summed E-state index contributed by atoms with van der Waals surface area (Å²) in [7, 11) is 0. The number of halogens is 2. The van der Waals surface area contributed by atoms with E-state index in [1.807, 2.05) is 6.92 Å². The maximum atomic E-state index is 5.17. The summed E-state index contributed by atoms with van der Waals surface area (Å²) in [6.45, 7) is 2.46. The van der Waals surface area contributed by atoms with Crippen molar-refractivity contribution < 1.29 is 0 Å². The van der Waals surface area contributed by atoms with Crippen molar-refractivity contribution in [3.63, 3.8) is 0 Å². The van der Waals surface area contributed by atoms with Gasteiger partial charge in [-0.2, -0.15) is 0 Å². The predicted octanol–water partition coefficient (Wildman–Crippen LogP) is 0.756.